The van der Waals surface area contributed by atoms with Gasteiger partial charge in [-0.15, -0.1) is 0 Å². The number of pyridine rings is 1. The third-order valence-corrected chi connectivity index (χ3v) is 4.49. The molecule has 6 heteroatoms. The van der Waals surface area contributed by atoms with Crippen molar-refractivity contribution in [3.8, 4) is 11.3 Å². The standard InChI is InChI=1S/C21H17ClN4O/c1-14-10-11-17(16(22)13-14)23-21(27)25-20-19(15-7-3-2-4-8-15)24-18-9-5-6-12-26(18)20/h2-13H,1H3,(H2,23,25,27). The van der Waals surface area contributed by atoms with Crippen molar-refractivity contribution >= 4 is 34.8 Å². The van der Waals surface area contributed by atoms with Crippen molar-refractivity contribution in [2.45, 2.75) is 6.92 Å². The first-order valence-electron chi connectivity index (χ1n) is 8.48. The second kappa shape index (κ2) is 7.13. The van der Waals surface area contributed by atoms with Gasteiger partial charge in [0.05, 0.1) is 10.7 Å². The first-order chi connectivity index (χ1) is 13.1. The zero-order chi connectivity index (χ0) is 18.8. The molecule has 0 unspecified atom stereocenters. The number of carbonyl (C=O) groups excluding carboxylic acids is 1. The molecule has 27 heavy (non-hydrogen) atoms. The normalized spacial score (nSPS) is 10.7. The maximum atomic E-state index is 12.6. The van der Waals surface area contributed by atoms with Gasteiger partial charge in [-0.25, -0.2) is 9.78 Å². The molecule has 2 heterocycles. The summed E-state index contributed by atoms with van der Waals surface area (Å²) >= 11 is 6.22. The van der Waals surface area contributed by atoms with Gasteiger partial charge >= 0.3 is 6.03 Å². The molecule has 0 fully saturated rings. The third kappa shape index (κ3) is 3.50. The molecule has 0 aliphatic heterocycles. The molecule has 0 spiro atoms. The Morgan fingerprint density at radius 2 is 1.78 bits per heavy atom. The Labute approximate surface area is 161 Å². The van der Waals surface area contributed by atoms with Crippen molar-refractivity contribution in [2.24, 2.45) is 0 Å². The number of anilines is 2. The molecule has 0 saturated heterocycles. The highest BCUT2D eigenvalue weighted by atomic mass is 35.5. The first-order valence-corrected chi connectivity index (χ1v) is 8.86. The number of urea groups is 1. The summed E-state index contributed by atoms with van der Waals surface area (Å²) in [5, 5.41) is 6.20. The summed E-state index contributed by atoms with van der Waals surface area (Å²) in [6.45, 7) is 1.94. The molecule has 0 aliphatic carbocycles. The van der Waals surface area contributed by atoms with E-state index in [0.29, 0.717) is 22.2 Å². The summed E-state index contributed by atoms with van der Waals surface area (Å²) < 4.78 is 1.85. The number of nitrogens with zero attached hydrogens (tertiary/aromatic N) is 2. The minimum Gasteiger partial charge on any atom is -0.306 e. The van der Waals surface area contributed by atoms with Crippen molar-refractivity contribution in [1.82, 2.24) is 9.38 Å². The van der Waals surface area contributed by atoms with E-state index in [2.05, 4.69) is 15.6 Å². The van der Waals surface area contributed by atoms with E-state index < -0.39 is 0 Å². The largest absolute Gasteiger partial charge is 0.324 e. The van der Waals surface area contributed by atoms with Crippen LogP contribution in [0, 0.1) is 6.92 Å². The van der Waals surface area contributed by atoms with Crippen LogP contribution < -0.4 is 10.6 Å². The molecule has 2 amide bonds. The number of imidazole rings is 1. The van der Waals surface area contributed by atoms with Crippen LogP contribution in [0.1, 0.15) is 5.56 Å². The molecule has 2 aromatic heterocycles. The molecular weight excluding hydrogens is 360 g/mol. The van der Waals surface area contributed by atoms with Gasteiger partial charge in [0.2, 0.25) is 0 Å². The number of fused-ring (bicyclic) bond motifs is 1. The lowest BCUT2D eigenvalue weighted by Gasteiger charge is -2.11. The van der Waals surface area contributed by atoms with Crippen LogP contribution in [0.25, 0.3) is 16.9 Å². The van der Waals surface area contributed by atoms with E-state index in [1.807, 2.05) is 72.1 Å². The number of carbonyl (C=O) groups is 1. The van der Waals surface area contributed by atoms with Gasteiger partial charge in [0.25, 0.3) is 0 Å². The van der Waals surface area contributed by atoms with Crippen LogP contribution in [-0.4, -0.2) is 15.4 Å². The van der Waals surface area contributed by atoms with E-state index in [1.54, 1.807) is 12.1 Å². The fourth-order valence-electron chi connectivity index (χ4n) is 2.90. The Morgan fingerprint density at radius 3 is 2.56 bits per heavy atom. The van der Waals surface area contributed by atoms with Gasteiger partial charge in [-0.2, -0.15) is 0 Å². The Bertz CT molecular complexity index is 1120. The number of aromatic nitrogens is 2. The van der Waals surface area contributed by atoms with Gasteiger partial charge in [-0.05, 0) is 36.8 Å². The van der Waals surface area contributed by atoms with Crippen LogP contribution in [0.15, 0.2) is 72.9 Å². The van der Waals surface area contributed by atoms with Gasteiger partial charge in [-0.1, -0.05) is 54.1 Å². The summed E-state index contributed by atoms with van der Waals surface area (Å²) in [6, 6.07) is 20.5. The third-order valence-electron chi connectivity index (χ3n) is 4.18. The monoisotopic (exact) mass is 376 g/mol. The number of halogens is 1. The molecule has 0 atom stereocenters. The maximum Gasteiger partial charge on any atom is 0.324 e. The van der Waals surface area contributed by atoms with Crippen LogP contribution in [0.5, 0.6) is 0 Å². The first kappa shape index (κ1) is 17.1. The molecule has 0 bridgehead atoms. The lowest BCUT2D eigenvalue weighted by Crippen LogP contribution is -2.21. The zero-order valence-electron chi connectivity index (χ0n) is 14.6. The zero-order valence-corrected chi connectivity index (χ0v) is 15.4. The fraction of sp³-hybridized carbons (Fsp3) is 0.0476. The van der Waals surface area contributed by atoms with E-state index in [1.165, 1.54) is 0 Å². The number of nitrogens with one attached hydrogen (secondary N) is 2. The quantitative estimate of drug-likeness (QED) is 0.488. The lowest BCUT2D eigenvalue weighted by atomic mass is 10.1. The van der Waals surface area contributed by atoms with Crippen LogP contribution >= 0.6 is 11.6 Å². The summed E-state index contributed by atoms with van der Waals surface area (Å²) in [7, 11) is 0. The maximum absolute atomic E-state index is 12.6. The van der Waals surface area contributed by atoms with Crippen molar-refractivity contribution in [1.29, 1.82) is 0 Å². The van der Waals surface area contributed by atoms with Gasteiger partial charge in [0.1, 0.15) is 17.2 Å². The molecule has 4 aromatic rings. The second-order valence-corrected chi connectivity index (χ2v) is 6.57. The summed E-state index contributed by atoms with van der Waals surface area (Å²) in [4.78, 5) is 17.3. The van der Waals surface area contributed by atoms with E-state index in [9.17, 15) is 4.79 Å². The fourth-order valence-corrected chi connectivity index (χ4v) is 3.18. The van der Waals surface area contributed by atoms with E-state index >= 15 is 0 Å². The molecular formula is C21H17ClN4O. The predicted octanol–water partition coefficient (Wildman–Crippen LogP) is 5.61. The number of amides is 2. The second-order valence-electron chi connectivity index (χ2n) is 6.17. The molecule has 5 nitrogen and oxygen atoms in total. The lowest BCUT2D eigenvalue weighted by molar-refractivity contribution is 0.262. The van der Waals surface area contributed by atoms with Crippen molar-refractivity contribution < 1.29 is 4.79 Å². The van der Waals surface area contributed by atoms with Crippen LogP contribution in [0.2, 0.25) is 5.02 Å². The number of rotatable bonds is 3. The molecule has 134 valence electrons. The van der Waals surface area contributed by atoms with E-state index in [-0.39, 0.29) is 6.03 Å². The molecule has 2 N–H and O–H groups in total. The molecule has 4 rings (SSSR count). The summed E-state index contributed by atoms with van der Waals surface area (Å²) in [5.74, 6) is 0.595. The number of aryl methyl sites for hydroxylation is 1. The smallest absolute Gasteiger partial charge is 0.306 e. The minimum atomic E-state index is -0.386. The van der Waals surface area contributed by atoms with Crippen molar-refractivity contribution in [2.75, 3.05) is 10.6 Å². The van der Waals surface area contributed by atoms with Gasteiger partial charge < -0.3 is 5.32 Å². The summed E-state index contributed by atoms with van der Waals surface area (Å²) in [6.07, 6.45) is 1.86. The topological polar surface area (TPSA) is 58.4 Å². The SMILES string of the molecule is Cc1ccc(NC(=O)Nc2c(-c3ccccc3)nc3ccccn23)c(Cl)c1. The molecule has 2 aromatic carbocycles. The highest BCUT2D eigenvalue weighted by molar-refractivity contribution is 6.33. The van der Waals surface area contributed by atoms with Gasteiger partial charge in [0.15, 0.2) is 0 Å². The molecule has 0 radical (unpaired) electrons. The number of hydrogen-bond acceptors (Lipinski definition) is 2. The molecule has 0 aliphatic rings. The Morgan fingerprint density at radius 1 is 1.00 bits per heavy atom. The minimum absolute atomic E-state index is 0.386. The average Bonchev–Trinajstić information content (AvgIpc) is 3.03. The van der Waals surface area contributed by atoms with Crippen molar-refractivity contribution in [3.63, 3.8) is 0 Å². The number of hydrogen-bond donors (Lipinski definition) is 2. The average molecular weight is 377 g/mol. The van der Waals surface area contributed by atoms with E-state index in [0.717, 1.165) is 16.8 Å². The highest BCUT2D eigenvalue weighted by Gasteiger charge is 2.16. The Balaban J connectivity index is 1.69. The van der Waals surface area contributed by atoms with Crippen LogP contribution in [0.3, 0.4) is 0 Å². The Kier molecular flexibility index (Phi) is 4.52. The Hall–Kier alpha value is -3.31. The van der Waals surface area contributed by atoms with E-state index in [4.69, 9.17) is 11.6 Å². The van der Waals surface area contributed by atoms with Crippen LogP contribution in [-0.2, 0) is 0 Å². The van der Waals surface area contributed by atoms with Gasteiger partial charge in [-0.3, -0.25) is 9.72 Å². The van der Waals surface area contributed by atoms with Gasteiger partial charge in [0, 0.05) is 11.8 Å². The summed E-state index contributed by atoms with van der Waals surface area (Å²) in [5.41, 5.74) is 3.95. The predicted molar refractivity (Wildman–Crippen MR) is 109 cm³/mol. The van der Waals surface area contributed by atoms with Crippen LogP contribution in [0.4, 0.5) is 16.3 Å². The highest BCUT2D eigenvalue weighted by Crippen LogP contribution is 2.29. The van der Waals surface area contributed by atoms with Crippen molar-refractivity contribution in [3.05, 3.63) is 83.5 Å². The molecule has 0 saturated carbocycles. The number of benzene rings is 2.